The van der Waals surface area contributed by atoms with Crippen molar-refractivity contribution in [2.45, 2.75) is 165 Å². The third-order valence-electron chi connectivity index (χ3n) is 9.11. The molecule has 4 aliphatic carbocycles. The molecule has 0 amide bonds. The van der Waals surface area contributed by atoms with Crippen LogP contribution >= 0.6 is 17.2 Å². The summed E-state index contributed by atoms with van der Waals surface area (Å²) in [7, 11) is 16.5. The van der Waals surface area contributed by atoms with Crippen LogP contribution in [0.4, 0.5) is 0 Å². The second-order valence-electron chi connectivity index (χ2n) is 14.2. The van der Waals surface area contributed by atoms with E-state index in [-0.39, 0.29) is 58.3 Å². The monoisotopic (exact) mass is 755 g/mol. The van der Waals surface area contributed by atoms with E-state index >= 15 is 0 Å². The van der Waals surface area contributed by atoms with E-state index in [0.717, 1.165) is 23.2 Å². The van der Waals surface area contributed by atoms with Gasteiger partial charge in [-0.25, -0.2) is 0 Å². The molecule has 4 nitrogen and oxygen atoms in total. The van der Waals surface area contributed by atoms with E-state index in [4.69, 9.17) is 0 Å². The van der Waals surface area contributed by atoms with Gasteiger partial charge in [-0.1, -0.05) is 91.9 Å². The number of hydrogen-bond acceptors (Lipinski definition) is 0. The minimum absolute atomic E-state index is 0. The molecule has 0 bridgehead atoms. The van der Waals surface area contributed by atoms with Gasteiger partial charge in [-0.15, -0.1) is 17.2 Å². The standard InChI is InChI=1S/2C14H27P.4C2H6N.2CH3.2Ti/c2*1-14(2,12-8-6-7-9-12)15-13-10-4-3-5-11-13;4*1-3-2;;;;/h2*12-13,15H,3-11H2,1-2H3;4*1-2H3;2*1H3;;/q;;6*-1;2*+3. The fourth-order valence-electron chi connectivity index (χ4n) is 7.08. The molecule has 0 aromatic carbocycles. The molecular formula is C38H84N4P2Ti2. The summed E-state index contributed by atoms with van der Waals surface area (Å²) in [4.78, 5) is 0. The first-order chi connectivity index (χ1) is 20.0. The molecule has 8 heteroatoms. The van der Waals surface area contributed by atoms with Crippen LogP contribution in [0, 0.1) is 26.7 Å². The van der Waals surface area contributed by atoms with E-state index in [0.29, 0.717) is 10.3 Å². The summed E-state index contributed by atoms with van der Waals surface area (Å²) in [5, 5.41) is 15.3. The summed E-state index contributed by atoms with van der Waals surface area (Å²) in [5.41, 5.74) is 2.18. The summed E-state index contributed by atoms with van der Waals surface area (Å²) in [6, 6.07) is 0. The molecule has 0 N–H and O–H groups in total. The van der Waals surface area contributed by atoms with Crippen molar-refractivity contribution in [3.8, 4) is 0 Å². The van der Waals surface area contributed by atoms with E-state index in [1.54, 1.807) is 56.4 Å². The average molecular weight is 755 g/mol. The molecular weight excluding hydrogens is 670 g/mol. The Balaban J connectivity index is -0.000000122. The van der Waals surface area contributed by atoms with Gasteiger partial charge >= 0.3 is 43.4 Å². The summed E-state index contributed by atoms with van der Waals surface area (Å²) in [6.07, 6.45) is 27.3. The van der Waals surface area contributed by atoms with Crippen LogP contribution in [0.5, 0.6) is 0 Å². The molecule has 2 unspecified atom stereocenters. The van der Waals surface area contributed by atoms with Crippen LogP contribution in [0.25, 0.3) is 21.3 Å². The molecule has 0 heterocycles. The van der Waals surface area contributed by atoms with Gasteiger partial charge in [-0.3, -0.25) is 0 Å². The Hall–Kier alpha value is 2.13. The first-order valence-electron chi connectivity index (χ1n) is 17.5. The summed E-state index contributed by atoms with van der Waals surface area (Å²) < 4.78 is 0. The van der Waals surface area contributed by atoms with Crippen LogP contribution in [-0.4, -0.2) is 78.0 Å². The maximum absolute atomic E-state index is 3.50. The second kappa shape index (κ2) is 39.9. The van der Waals surface area contributed by atoms with Crippen molar-refractivity contribution in [1.29, 1.82) is 0 Å². The fraction of sp³-hybridized carbons (Fsp3) is 0.947. The third-order valence-corrected chi connectivity index (χ3v) is 13.4. The van der Waals surface area contributed by atoms with Gasteiger partial charge in [0.05, 0.1) is 0 Å². The zero-order valence-corrected chi connectivity index (χ0v) is 38.9. The quantitative estimate of drug-likeness (QED) is 0.147. The van der Waals surface area contributed by atoms with Crippen LogP contribution in [0.3, 0.4) is 0 Å². The van der Waals surface area contributed by atoms with E-state index in [1.807, 2.05) is 0 Å². The van der Waals surface area contributed by atoms with Crippen LogP contribution in [0.15, 0.2) is 0 Å². The van der Waals surface area contributed by atoms with Gasteiger partial charge < -0.3 is 36.1 Å². The van der Waals surface area contributed by atoms with Gasteiger partial charge in [0, 0.05) is 0 Å². The van der Waals surface area contributed by atoms with Crippen molar-refractivity contribution in [3.63, 3.8) is 0 Å². The van der Waals surface area contributed by atoms with E-state index in [9.17, 15) is 0 Å². The van der Waals surface area contributed by atoms with Crippen LogP contribution in [-0.2, 0) is 43.4 Å². The van der Waals surface area contributed by atoms with Gasteiger partial charge in [0.2, 0.25) is 0 Å². The molecule has 0 spiro atoms. The molecule has 274 valence electrons. The van der Waals surface area contributed by atoms with Gasteiger partial charge in [0.25, 0.3) is 0 Å². The second-order valence-corrected chi connectivity index (χ2v) is 18.9. The van der Waals surface area contributed by atoms with Crippen molar-refractivity contribution in [2.24, 2.45) is 11.8 Å². The van der Waals surface area contributed by atoms with Gasteiger partial charge in [-0.2, -0.15) is 56.4 Å². The molecule has 4 saturated carbocycles. The number of rotatable bonds is 6. The van der Waals surface area contributed by atoms with Crippen LogP contribution in [0.2, 0.25) is 0 Å². The third kappa shape index (κ3) is 32.1. The van der Waals surface area contributed by atoms with Gasteiger partial charge in [0.15, 0.2) is 0 Å². The minimum Gasteiger partial charge on any atom is -0.668 e. The summed E-state index contributed by atoms with van der Waals surface area (Å²) in [5.74, 6) is 2.11. The molecule has 4 fully saturated rings. The average Bonchev–Trinajstić information content (AvgIpc) is 3.68. The number of nitrogens with zero attached hydrogens (tertiary/aromatic N) is 4. The zero-order valence-electron chi connectivity index (χ0n) is 33.8. The Kier molecular flexibility index (Phi) is 52.3. The Labute approximate surface area is 327 Å². The molecule has 0 aromatic rings. The predicted octanol–water partition coefficient (Wildman–Crippen LogP) is 13.3. The minimum atomic E-state index is 0. The Morgan fingerprint density at radius 3 is 0.739 bits per heavy atom. The van der Waals surface area contributed by atoms with Gasteiger partial charge in [-0.05, 0) is 84.8 Å². The van der Waals surface area contributed by atoms with Crippen molar-refractivity contribution in [3.05, 3.63) is 36.1 Å². The van der Waals surface area contributed by atoms with Crippen LogP contribution in [0.1, 0.15) is 143 Å². The first kappa shape index (κ1) is 60.2. The first-order valence-corrected chi connectivity index (χ1v) is 19.7. The van der Waals surface area contributed by atoms with E-state index < -0.39 is 0 Å². The smallest absolute Gasteiger partial charge is 0.668 e. The molecule has 0 aliphatic heterocycles. The normalized spacial score (nSPS) is 19.0. The maximum Gasteiger partial charge on any atom is 3.00 e. The molecule has 46 heavy (non-hydrogen) atoms. The van der Waals surface area contributed by atoms with Crippen molar-refractivity contribution < 1.29 is 43.4 Å². The van der Waals surface area contributed by atoms with E-state index in [1.165, 1.54) is 133 Å². The molecule has 2 atom stereocenters. The fourth-order valence-corrected chi connectivity index (χ4v) is 11.6. The predicted molar refractivity (Wildman–Crippen MR) is 216 cm³/mol. The zero-order chi connectivity index (χ0) is 32.3. The molecule has 2 radical (unpaired) electrons. The maximum atomic E-state index is 3.50. The molecule has 0 aromatic heterocycles. The van der Waals surface area contributed by atoms with Crippen molar-refractivity contribution >= 4 is 17.2 Å². The Morgan fingerprint density at radius 2 is 0.543 bits per heavy atom. The Morgan fingerprint density at radius 1 is 0.370 bits per heavy atom. The van der Waals surface area contributed by atoms with E-state index in [2.05, 4.69) is 49.0 Å². The summed E-state index contributed by atoms with van der Waals surface area (Å²) >= 11 is 0. The van der Waals surface area contributed by atoms with Gasteiger partial charge in [0.1, 0.15) is 0 Å². The SMILES string of the molecule is CC(C)(PC1CCCCC1)C1CCCC1.CC(C)(PC1CCCCC1)C1CCCC1.C[N-]C.C[N-]C.C[N-]C.C[N-]C.[CH3-].[CH3-].[Ti+3].[Ti+3]. The van der Waals surface area contributed by atoms with Crippen molar-refractivity contribution in [2.75, 3.05) is 56.4 Å². The van der Waals surface area contributed by atoms with Crippen LogP contribution < -0.4 is 0 Å². The Bertz CT molecular complexity index is 495. The topological polar surface area (TPSA) is 56.4 Å². The molecule has 4 rings (SSSR count). The molecule has 0 saturated heterocycles. The number of hydrogen-bond donors (Lipinski definition) is 0. The summed E-state index contributed by atoms with van der Waals surface area (Å²) in [6.45, 7) is 10.2. The molecule has 4 aliphatic rings. The van der Waals surface area contributed by atoms with Crippen molar-refractivity contribution in [1.82, 2.24) is 0 Å². The largest absolute Gasteiger partial charge is 3.00 e.